The third-order valence-corrected chi connectivity index (χ3v) is 10.3. The predicted molar refractivity (Wildman–Crippen MR) is 137 cm³/mol. The van der Waals surface area contributed by atoms with Crippen LogP contribution < -0.4 is 0 Å². The quantitative estimate of drug-likeness (QED) is 0.586. The molecule has 5 saturated heterocycles. The van der Waals surface area contributed by atoms with Gasteiger partial charge >= 0.3 is 6.03 Å². The van der Waals surface area contributed by atoms with E-state index in [-0.39, 0.29) is 11.9 Å². The van der Waals surface area contributed by atoms with Gasteiger partial charge in [-0.25, -0.2) is 4.79 Å². The molecule has 0 aromatic carbocycles. The van der Waals surface area contributed by atoms with Gasteiger partial charge in [-0.15, -0.1) is 0 Å². The summed E-state index contributed by atoms with van der Waals surface area (Å²) < 4.78 is 0. The van der Waals surface area contributed by atoms with Crippen LogP contribution in [0.3, 0.4) is 0 Å². The molecule has 200 valence electrons. The van der Waals surface area contributed by atoms with Gasteiger partial charge in [0.05, 0.1) is 0 Å². The van der Waals surface area contributed by atoms with Crippen LogP contribution >= 0.6 is 0 Å². The van der Waals surface area contributed by atoms with Gasteiger partial charge in [0.25, 0.3) is 0 Å². The molecule has 36 heavy (non-hydrogen) atoms. The number of piperidine rings is 4. The van der Waals surface area contributed by atoms with Crippen molar-refractivity contribution in [2.45, 2.75) is 82.7 Å². The lowest BCUT2D eigenvalue weighted by Crippen LogP contribution is -2.62. The zero-order chi connectivity index (χ0) is 24.6. The van der Waals surface area contributed by atoms with Crippen LogP contribution in [-0.2, 0) is 9.59 Å². The first-order valence-electron chi connectivity index (χ1n) is 14.9. The highest BCUT2D eigenvalue weighted by molar-refractivity contribution is 5.80. The van der Waals surface area contributed by atoms with Crippen molar-refractivity contribution in [3.8, 4) is 0 Å². The summed E-state index contributed by atoms with van der Waals surface area (Å²) in [5, 5.41) is 0. The van der Waals surface area contributed by atoms with E-state index in [0.29, 0.717) is 49.2 Å². The maximum Gasteiger partial charge on any atom is 0.320 e. The van der Waals surface area contributed by atoms with Gasteiger partial charge in [0, 0.05) is 83.3 Å². The number of rotatable bonds is 2. The molecule has 1 aliphatic carbocycles. The van der Waals surface area contributed by atoms with Crippen molar-refractivity contribution in [2.75, 3.05) is 58.9 Å². The fourth-order valence-electron chi connectivity index (χ4n) is 8.30. The Kier molecular flexibility index (Phi) is 7.15. The number of carbonyl (C=O) groups is 3. The zero-order valence-corrected chi connectivity index (χ0v) is 22.0. The lowest BCUT2D eigenvalue weighted by molar-refractivity contribution is -0.144. The van der Waals surface area contributed by atoms with Crippen LogP contribution in [0.2, 0.25) is 0 Å². The molecule has 6 rings (SSSR count). The van der Waals surface area contributed by atoms with Crippen molar-refractivity contribution in [1.29, 1.82) is 0 Å². The molecule has 5 heterocycles. The van der Waals surface area contributed by atoms with Gasteiger partial charge in [-0.1, -0.05) is 19.3 Å². The standard InChI is InChI=1S/C28H45N5O3/c34-26-8-4-7-25-23-17-21(19-33(25)26)18-32(20-23)28(36)31-11-9-22(10-12-31)27(35)30-15-13-29(14-16-30)24-5-2-1-3-6-24/h21-25H,1-20H2/t21?,23?,25-/m1/s1. The maximum atomic E-state index is 13.4. The summed E-state index contributed by atoms with van der Waals surface area (Å²) in [7, 11) is 0. The molecule has 6 aliphatic rings. The third-order valence-electron chi connectivity index (χ3n) is 10.3. The summed E-state index contributed by atoms with van der Waals surface area (Å²) in [5.74, 6) is 1.55. The van der Waals surface area contributed by atoms with Gasteiger partial charge < -0.3 is 19.6 Å². The van der Waals surface area contributed by atoms with E-state index in [1.54, 1.807) is 0 Å². The Labute approximate surface area is 216 Å². The Morgan fingerprint density at radius 3 is 2.19 bits per heavy atom. The van der Waals surface area contributed by atoms with Gasteiger partial charge in [-0.3, -0.25) is 14.5 Å². The van der Waals surface area contributed by atoms with Crippen molar-refractivity contribution >= 4 is 17.8 Å². The summed E-state index contributed by atoms with van der Waals surface area (Å²) >= 11 is 0. The van der Waals surface area contributed by atoms with Crippen LogP contribution in [0.5, 0.6) is 0 Å². The summed E-state index contributed by atoms with van der Waals surface area (Å²) in [4.78, 5) is 50.1. The molecule has 1 saturated carbocycles. The molecule has 5 aliphatic heterocycles. The van der Waals surface area contributed by atoms with Gasteiger partial charge in [0.2, 0.25) is 11.8 Å². The smallest absolute Gasteiger partial charge is 0.320 e. The molecule has 6 fully saturated rings. The number of likely N-dealkylation sites (tertiary alicyclic amines) is 2. The molecule has 8 heteroatoms. The Hall–Kier alpha value is -1.83. The lowest BCUT2D eigenvalue weighted by atomic mass is 9.76. The fraction of sp³-hybridized carbons (Fsp3) is 0.893. The number of fused-ring (bicyclic) bond motifs is 4. The number of hydrogen-bond donors (Lipinski definition) is 0. The fourth-order valence-corrected chi connectivity index (χ4v) is 8.30. The van der Waals surface area contributed by atoms with E-state index in [9.17, 15) is 14.4 Å². The minimum Gasteiger partial charge on any atom is -0.340 e. The number of piperazine rings is 1. The number of amides is 4. The minimum absolute atomic E-state index is 0.0674. The first-order valence-corrected chi connectivity index (χ1v) is 14.9. The van der Waals surface area contributed by atoms with Crippen molar-refractivity contribution in [3.05, 3.63) is 0 Å². The molecule has 0 radical (unpaired) electrons. The second-order valence-electron chi connectivity index (χ2n) is 12.5. The maximum absolute atomic E-state index is 13.4. The zero-order valence-electron chi connectivity index (χ0n) is 22.0. The molecule has 0 aromatic rings. The van der Waals surface area contributed by atoms with Gasteiger partial charge in [-0.05, 0) is 56.8 Å². The molecule has 4 amide bonds. The third kappa shape index (κ3) is 4.86. The molecule has 3 atom stereocenters. The highest BCUT2D eigenvalue weighted by atomic mass is 16.2. The van der Waals surface area contributed by atoms with Crippen molar-refractivity contribution in [3.63, 3.8) is 0 Å². The Balaban J connectivity index is 0.973. The first-order chi connectivity index (χ1) is 17.6. The lowest BCUT2D eigenvalue weighted by Gasteiger charge is -2.53. The Morgan fingerprint density at radius 1 is 0.694 bits per heavy atom. The second-order valence-corrected chi connectivity index (χ2v) is 12.5. The number of carbonyl (C=O) groups excluding carboxylic acids is 3. The van der Waals surface area contributed by atoms with E-state index in [1.807, 2.05) is 4.90 Å². The average molecular weight is 500 g/mol. The van der Waals surface area contributed by atoms with Gasteiger partial charge in [0.1, 0.15) is 0 Å². The molecular formula is C28H45N5O3. The highest BCUT2D eigenvalue weighted by Crippen LogP contribution is 2.38. The minimum atomic E-state index is 0.0674. The van der Waals surface area contributed by atoms with Crippen molar-refractivity contribution in [2.24, 2.45) is 17.8 Å². The van der Waals surface area contributed by atoms with Crippen LogP contribution in [-0.4, -0.2) is 113 Å². The Bertz CT molecular complexity index is 829. The normalized spacial score (nSPS) is 33.0. The van der Waals surface area contributed by atoms with Crippen LogP contribution in [0.15, 0.2) is 0 Å². The highest BCUT2D eigenvalue weighted by Gasteiger charge is 2.45. The van der Waals surface area contributed by atoms with Gasteiger partial charge in [0.15, 0.2) is 0 Å². The molecule has 8 nitrogen and oxygen atoms in total. The average Bonchev–Trinajstić information content (AvgIpc) is 2.93. The van der Waals surface area contributed by atoms with Crippen molar-refractivity contribution in [1.82, 2.24) is 24.5 Å². The van der Waals surface area contributed by atoms with E-state index in [2.05, 4.69) is 19.6 Å². The van der Waals surface area contributed by atoms with E-state index in [0.717, 1.165) is 84.0 Å². The number of urea groups is 1. The summed E-state index contributed by atoms with van der Waals surface area (Å²) in [6.45, 7) is 7.55. The summed E-state index contributed by atoms with van der Waals surface area (Å²) in [5.41, 5.74) is 0. The van der Waals surface area contributed by atoms with Crippen molar-refractivity contribution < 1.29 is 14.4 Å². The predicted octanol–water partition coefficient (Wildman–Crippen LogP) is 2.63. The molecule has 0 aromatic heterocycles. The van der Waals surface area contributed by atoms with Gasteiger partial charge in [-0.2, -0.15) is 0 Å². The molecule has 0 spiro atoms. The molecule has 2 bridgehead atoms. The monoisotopic (exact) mass is 499 g/mol. The first kappa shape index (κ1) is 24.5. The van der Waals surface area contributed by atoms with E-state index < -0.39 is 0 Å². The van der Waals surface area contributed by atoms with Crippen LogP contribution in [0.1, 0.15) is 70.6 Å². The molecular weight excluding hydrogens is 454 g/mol. The van der Waals surface area contributed by atoms with Crippen LogP contribution in [0.4, 0.5) is 4.79 Å². The second kappa shape index (κ2) is 10.5. The van der Waals surface area contributed by atoms with E-state index in [1.165, 1.54) is 32.1 Å². The SMILES string of the molecule is O=C(C1CCN(C(=O)N2CC3CC(C2)[C@H]2CCCC(=O)N2C3)CC1)N1CCN(C2CCCCC2)CC1. The summed E-state index contributed by atoms with van der Waals surface area (Å²) in [6, 6.07) is 1.23. The largest absolute Gasteiger partial charge is 0.340 e. The topological polar surface area (TPSA) is 67.4 Å². The van der Waals surface area contributed by atoms with Crippen LogP contribution in [0, 0.1) is 17.8 Å². The Morgan fingerprint density at radius 2 is 1.44 bits per heavy atom. The molecule has 2 unspecified atom stereocenters. The van der Waals surface area contributed by atoms with Crippen LogP contribution in [0.25, 0.3) is 0 Å². The number of hydrogen-bond acceptors (Lipinski definition) is 4. The van der Waals surface area contributed by atoms with E-state index >= 15 is 0 Å². The summed E-state index contributed by atoms with van der Waals surface area (Å²) in [6.07, 6.45) is 12.3. The molecule has 0 N–H and O–H groups in total. The number of nitrogens with zero attached hydrogens (tertiary/aromatic N) is 5. The van der Waals surface area contributed by atoms with E-state index in [4.69, 9.17) is 0 Å².